The second-order valence-corrected chi connectivity index (χ2v) is 12.1. The number of aryl methyl sites for hydroxylation is 3. The van der Waals surface area contributed by atoms with Gasteiger partial charge in [-0.25, -0.2) is 9.67 Å². The molecule has 11 nitrogen and oxygen atoms in total. The third-order valence-corrected chi connectivity index (χ3v) is 8.99. The van der Waals surface area contributed by atoms with Crippen LogP contribution in [-0.4, -0.2) is 74.2 Å². The highest BCUT2D eigenvalue weighted by molar-refractivity contribution is 6.05. The monoisotopic (exact) mass is 570 g/mol. The highest BCUT2D eigenvalue weighted by Gasteiger charge is 2.30. The van der Waals surface area contributed by atoms with Gasteiger partial charge in [0, 0.05) is 56.2 Å². The number of aliphatic hydroxyl groups is 1. The summed E-state index contributed by atoms with van der Waals surface area (Å²) in [5.41, 5.74) is 6.53. The largest absolute Gasteiger partial charge is 0.477 e. The number of nitrogens with zero attached hydrogens (tertiary/aromatic N) is 6. The van der Waals surface area contributed by atoms with Gasteiger partial charge in [0.15, 0.2) is 0 Å². The van der Waals surface area contributed by atoms with E-state index in [4.69, 9.17) is 14.7 Å². The van der Waals surface area contributed by atoms with Crippen LogP contribution in [0.25, 0.3) is 22.3 Å². The van der Waals surface area contributed by atoms with Crippen molar-refractivity contribution in [3.8, 4) is 17.1 Å². The molecule has 2 fully saturated rings. The van der Waals surface area contributed by atoms with E-state index in [-0.39, 0.29) is 18.6 Å². The van der Waals surface area contributed by atoms with Crippen LogP contribution < -0.4 is 20.3 Å². The molecule has 1 aromatic carbocycles. The zero-order valence-electron chi connectivity index (χ0n) is 24.4. The summed E-state index contributed by atoms with van der Waals surface area (Å²) in [6, 6.07) is 9.98. The fraction of sp³-hybridized carbons (Fsp3) is 0.484. The number of anilines is 2. The van der Waals surface area contributed by atoms with Crippen molar-refractivity contribution in [1.82, 2.24) is 29.6 Å². The first-order valence-corrected chi connectivity index (χ1v) is 14.9. The Kier molecular flexibility index (Phi) is 6.86. The molecular formula is C31H38N8O3. The predicted molar refractivity (Wildman–Crippen MR) is 161 cm³/mol. The van der Waals surface area contributed by atoms with Crippen LogP contribution in [0.3, 0.4) is 0 Å². The molecule has 3 aliphatic rings. The van der Waals surface area contributed by atoms with Gasteiger partial charge in [-0.2, -0.15) is 5.10 Å². The Morgan fingerprint density at radius 3 is 2.81 bits per heavy atom. The van der Waals surface area contributed by atoms with Crippen molar-refractivity contribution in [2.45, 2.75) is 45.7 Å². The van der Waals surface area contributed by atoms with Gasteiger partial charge in [0.05, 0.1) is 41.2 Å². The average Bonchev–Trinajstić information content (AvgIpc) is 3.65. The number of rotatable bonds is 2. The lowest BCUT2D eigenvalue weighted by Crippen LogP contribution is -2.52. The van der Waals surface area contributed by atoms with Crippen molar-refractivity contribution < 1.29 is 14.6 Å². The number of aliphatic hydroxyl groups excluding tert-OH is 1. The molecule has 4 bridgehead atoms. The zero-order chi connectivity index (χ0) is 29.0. The molecule has 11 heteroatoms. The third-order valence-electron chi connectivity index (χ3n) is 8.99. The molecule has 42 heavy (non-hydrogen) atoms. The molecule has 0 unspecified atom stereocenters. The van der Waals surface area contributed by atoms with Crippen LogP contribution in [0.4, 0.5) is 11.6 Å². The highest BCUT2D eigenvalue weighted by atomic mass is 16.5. The topological polar surface area (TPSA) is 122 Å². The van der Waals surface area contributed by atoms with E-state index in [1.807, 2.05) is 33.0 Å². The number of hydrogen-bond donors (Lipinski definition) is 3. The van der Waals surface area contributed by atoms with E-state index in [0.29, 0.717) is 41.5 Å². The van der Waals surface area contributed by atoms with E-state index in [0.717, 1.165) is 79.1 Å². The summed E-state index contributed by atoms with van der Waals surface area (Å²) in [4.78, 5) is 25.8. The molecule has 4 aromatic rings. The van der Waals surface area contributed by atoms with E-state index in [1.165, 1.54) is 0 Å². The standard InChI is InChI=1S/C31H38N8O3/c1-18-10-22-12-26(33-18)28-19(2)36-37(3)30(28)42-17-21-5-4-20(11-21)14-39-27-13-24(38-9-8-32-23(15-38)16-40)6-7-25(27)34-31(39)35-29(22)41/h6-7,10,12-13,20-21,23,32,40H,4-5,8-9,11,14-17H2,1-3H3,(H,34,35,41)/t20-,21+,23-/m1/s1. The van der Waals surface area contributed by atoms with Gasteiger partial charge in [0.25, 0.3) is 5.91 Å². The molecule has 7 rings (SSSR count). The Labute approximate surface area is 244 Å². The molecule has 3 atom stereocenters. The Morgan fingerprint density at radius 1 is 1.10 bits per heavy atom. The quantitative estimate of drug-likeness (QED) is 0.336. The second-order valence-electron chi connectivity index (χ2n) is 12.1. The number of amides is 1. The summed E-state index contributed by atoms with van der Waals surface area (Å²) in [5.74, 6) is 1.90. The van der Waals surface area contributed by atoms with Gasteiger partial charge < -0.3 is 24.6 Å². The van der Waals surface area contributed by atoms with Crippen LogP contribution in [0, 0.1) is 25.7 Å². The van der Waals surface area contributed by atoms with Crippen LogP contribution in [0.1, 0.15) is 41.0 Å². The van der Waals surface area contributed by atoms with Gasteiger partial charge in [-0.1, -0.05) is 0 Å². The first-order chi connectivity index (χ1) is 20.4. The summed E-state index contributed by atoms with van der Waals surface area (Å²) < 4.78 is 10.4. The second kappa shape index (κ2) is 10.7. The average molecular weight is 571 g/mol. The molecule has 1 saturated heterocycles. The van der Waals surface area contributed by atoms with Crippen molar-refractivity contribution in [2.75, 3.05) is 43.1 Å². The van der Waals surface area contributed by atoms with E-state index in [9.17, 15) is 9.90 Å². The van der Waals surface area contributed by atoms with Crippen LogP contribution >= 0.6 is 0 Å². The van der Waals surface area contributed by atoms with Crippen LogP contribution in [0.15, 0.2) is 30.3 Å². The van der Waals surface area contributed by atoms with Crippen molar-refractivity contribution in [1.29, 1.82) is 0 Å². The summed E-state index contributed by atoms with van der Waals surface area (Å²) >= 11 is 0. The Balaban J connectivity index is 1.31. The number of benzene rings is 1. The van der Waals surface area contributed by atoms with Gasteiger partial charge in [-0.3, -0.25) is 15.1 Å². The summed E-state index contributed by atoms with van der Waals surface area (Å²) in [6.07, 6.45) is 3.22. The molecular weight excluding hydrogens is 532 g/mol. The van der Waals surface area contributed by atoms with Crippen LogP contribution in [0.5, 0.6) is 5.88 Å². The number of ether oxygens (including phenoxy) is 1. The van der Waals surface area contributed by atoms with Crippen molar-refractivity contribution in [2.24, 2.45) is 18.9 Å². The van der Waals surface area contributed by atoms with Crippen LogP contribution in [-0.2, 0) is 13.6 Å². The predicted octanol–water partition coefficient (Wildman–Crippen LogP) is 3.28. The molecule has 3 aromatic heterocycles. The Bertz CT molecular complexity index is 1660. The van der Waals surface area contributed by atoms with Gasteiger partial charge in [0.2, 0.25) is 11.8 Å². The van der Waals surface area contributed by atoms with E-state index in [2.05, 4.69) is 37.3 Å². The van der Waals surface area contributed by atoms with E-state index < -0.39 is 0 Å². The summed E-state index contributed by atoms with van der Waals surface area (Å²) in [6.45, 7) is 7.77. The number of hydrogen-bond acceptors (Lipinski definition) is 8. The lowest BCUT2D eigenvalue weighted by Gasteiger charge is -2.34. The molecule has 0 spiro atoms. The van der Waals surface area contributed by atoms with Gasteiger partial charge >= 0.3 is 0 Å². The van der Waals surface area contributed by atoms with Gasteiger partial charge in [-0.15, -0.1) is 0 Å². The summed E-state index contributed by atoms with van der Waals surface area (Å²) in [5, 5.41) is 20.9. The molecule has 1 aliphatic carbocycles. The molecule has 3 N–H and O–H groups in total. The minimum atomic E-state index is -0.227. The number of aromatic nitrogens is 5. The molecule has 1 amide bonds. The lowest BCUT2D eigenvalue weighted by atomic mass is 10.1. The molecule has 1 saturated carbocycles. The molecule has 220 valence electrons. The minimum absolute atomic E-state index is 0.0499. The Hall–Kier alpha value is -3.96. The van der Waals surface area contributed by atoms with Crippen molar-refractivity contribution in [3.63, 3.8) is 0 Å². The highest BCUT2D eigenvalue weighted by Crippen LogP contribution is 2.38. The number of carbonyl (C=O) groups excluding carboxylic acids is 1. The van der Waals surface area contributed by atoms with Crippen molar-refractivity contribution >= 4 is 28.6 Å². The molecule has 0 radical (unpaired) electrons. The maximum atomic E-state index is 13.8. The number of imidazole rings is 1. The zero-order valence-corrected chi connectivity index (χ0v) is 24.4. The first-order valence-electron chi connectivity index (χ1n) is 14.9. The SMILES string of the molecule is Cc1cc2cc(n1)-c1c(C)nn(C)c1OC[C@H]1CC[C@H](C1)Cn1c(nc3ccc(N4CCN[C@@H](CO)C4)cc31)NC2=O. The van der Waals surface area contributed by atoms with Gasteiger partial charge in [-0.05, 0) is 75.3 Å². The number of pyridine rings is 1. The molecule has 5 heterocycles. The number of piperazine rings is 1. The van der Waals surface area contributed by atoms with Crippen molar-refractivity contribution in [3.05, 3.63) is 47.3 Å². The normalized spacial score (nSPS) is 22.6. The van der Waals surface area contributed by atoms with Gasteiger partial charge in [0.1, 0.15) is 0 Å². The molecule has 2 aliphatic heterocycles. The fourth-order valence-electron chi connectivity index (χ4n) is 6.92. The Morgan fingerprint density at radius 2 is 1.95 bits per heavy atom. The first kappa shape index (κ1) is 26.9. The maximum absolute atomic E-state index is 13.8. The van der Waals surface area contributed by atoms with E-state index in [1.54, 1.807) is 10.7 Å². The smallest absolute Gasteiger partial charge is 0.258 e. The number of carbonyl (C=O) groups is 1. The minimum Gasteiger partial charge on any atom is -0.477 e. The fourth-order valence-corrected chi connectivity index (χ4v) is 6.92. The van der Waals surface area contributed by atoms with E-state index >= 15 is 0 Å². The number of nitrogens with one attached hydrogen (secondary N) is 2. The summed E-state index contributed by atoms with van der Waals surface area (Å²) in [7, 11) is 1.89. The number of fused-ring (bicyclic) bond motifs is 9. The maximum Gasteiger partial charge on any atom is 0.258 e. The third kappa shape index (κ3) is 4.90. The lowest BCUT2D eigenvalue weighted by molar-refractivity contribution is 0.102. The van der Waals surface area contributed by atoms with Crippen LogP contribution in [0.2, 0.25) is 0 Å².